The maximum Gasteiger partial charge on any atom is 0.251 e. The highest BCUT2D eigenvalue weighted by atomic mass is 127. The van der Waals surface area contributed by atoms with E-state index in [-0.39, 0.29) is 11.8 Å². The number of hydrogen-bond acceptors (Lipinski definition) is 2. The average molecular weight is 374 g/mol. The summed E-state index contributed by atoms with van der Waals surface area (Å²) in [6.45, 7) is 5.11. The van der Waals surface area contributed by atoms with Gasteiger partial charge in [-0.15, -0.1) is 0 Å². The molecule has 0 aromatic heterocycles. The third-order valence-corrected chi connectivity index (χ3v) is 3.17. The Labute approximate surface area is 127 Å². The van der Waals surface area contributed by atoms with Crippen molar-refractivity contribution < 1.29 is 9.59 Å². The van der Waals surface area contributed by atoms with E-state index < -0.39 is 0 Å². The molecule has 19 heavy (non-hydrogen) atoms. The predicted octanol–water partition coefficient (Wildman–Crippen LogP) is 2.18. The van der Waals surface area contributed by atoms with Crippen LogP contribution in [0.1, 0.15) is 30.6 Å². The number of carbonyl (C=O) groups excluding carboxylic acids is 2. The van der Waals surface area contributed by atoms with Gasteiger partial charge in [-0.25, -0.2) is 0 Å². The first kappa shape index (κ1) is 15.9. The third kappa shape index (κ3) is 6.56. The van der Waals surface area contributed by atoms with Gasteiger partial charge in [-0.3, -0.25) is 9.59 Å². The second-order valence-electron chi connectivity index (χ2n) is 4.71. The molecule has 4 nitrogen and oxygen atoms in total. The summed E-state index contributed by atoms with van der Waals surface area (Å²) in [5.41, 5.74) is 0.614. The van der Waals surface area contributed by atoms with Crippen LogP contribution < -0.4 is 10.6 Å². The van der Waals surface area contributed by atoms with Crippen molar-refractivity contribution in [3.8, 4) is 0 Å². The number of amides is 2. The van der Waals surface area contributed by atoms with Gasteiger partial charge in [0, 0.05) is 28.6 Å². The Morgan fingerprint density at radius 1 is 1.16 bits per heavy atom. The van der Waals surface area contributed by atoms with E-state index >= 15 is 0 Å². The largest absolute Gasteiger partial charge is 0.356 e. The highest BCUT2D eigenvalue weighted by Crippen LogP contribution is 2.06. The average Bonchev–Trinajstić information content (AvgIpc) is 2.37. The van der Waals surface area contributed by atoms with E-state index in [0.717, 1.165) is 3.57 Å². The zero-order valence-electron chi connectivity index (χ0n) is 11.2. The SMILES string of the molecule is CC(C)CNC(=O)CCNC(=O)c1ccc(I)cc1. The van der Waals surface area contributed by atoms with Crippen LogP contribution in [0.15, 0.2) is 24.3 Å². The minimum atomic E-state index is -0.145. The lowest BCUT2D eigenvalue weighted by Gasteiger charge is -2.08. The maximum absolute atomic E-state index is 11.8. The summed E-state index contributed by atoms with van der Waals surface area (Å²) >= 11 is 2.19. The van der Waals surface area contributed by atoms with Gasteiger partial charge in [0.05, 0.1) is 0 Å². The normalized spacial score (nSPS) is 10.3. The van der Waals surface area contributed by atoms with Gasteiger partial charge in [0.1, 0.15) is 0 Å². The highest BCUT2D eigenvalue weighted by Gasteiger charge is 2.06. The molecular weight excluding hydrogens is 355 g/mol. The van der Waals surface area contributed by atoms with Crippen LogP contribution in [-0.2, 0) is 4.79 Å². The second-order valence-corrected chi connectivity index (χ2v) is 5.96. The molecule has 0 aliphatic carbocycles. The molecule has 5 heteroatoms. The topological polar surface area (TPSA) is 58.2 Å². The smallest absolute Gasteiger partial charge is 0.251 e. The van der Waals surface area contributed by atoms with E-state index in [0.29, 0.717) is 31.0 Å². The highest BCUT2D eigenvalue weighted by molar-refractivity contribution is 14.1. The second kappa shape index (κ2) is 8.14. The van der Waals surface area contributed by atoms with Crippen LogP contribution in [0.4, 0.5) is 0 Å². The van der Waals surface area contributed by atoms with Crippen LogP contribution >= 0.6 is 22.6 Å². The van der Waals surface area contributed by atoms with E-state index in [4.69, 9.17) is 0 Å². The maximum atomic E-state index is 11.8. The minimum Gasteiger partial charge on any atom is -0.356 e. The fourth-order valence-electron chi connectivity index (χ4n) is 1.40. The monoisotopic (exact) mass is 374 g/mol. The van der Waals surface area contributed by atoms with E-state index in [1.807, 2.05) is 26.0 Å². The molecule has 0 bridgehead atoms. The number of benzene rings is 1. The molecule has 0 heterocycles. The van der Waals surface area contributed by atoms with Gasteiger partial charge in [0.25, 0.3) is 5.91 Å². The molecule has 2 N–H and O–H groups in total. The van der Waals surface area contributed by atoms with Crippen molar-refractivity contribution in [2.24, 2.45) is 5.92 Å². The molecule has 0 saturated carbocycles. The molecular formula is C14H19IN2O2. The molecule has 0 fully saturated rings. The number of nitrogens with one attached hydrogen (secondary N) is 2. The summed E-state index contributed by atoms with van der Waals surface area (Å²) in [6.07, 6.45) is 0.308. The fourth-order valence-corrected chi connectivity index (χ4v) is 1.76. The molecule has 0 atom stereocenters. The summed E-state index contributed by atoms with van der Waals surface area (Å²) < 4.78 is 1.09. The van der Waals surface area contributed by atoms with E-state index in [2.05, 4.69) is 33.2 Å². The summed E-state index contributed by atoms with van der Waals surface area (Å²) in [5.74, 6) is 0.259. The van der Waals surface area contributed by atoms with Crippen molar-refractivity contribution in [3.05, 3.63) is 33.4 Å². The minimum absolute atomic E-state index is 0.0309. The molecule has 0 spiro atoms. The Morgan fingerprint density at radius 2 is 1.79 bits per heavy atom. The fraction of sp³-hybridized carbons (Fsp3) is 0.429. The first-order valence-corrected chi connectivity index (χ1v) is 7.37. The van der Waals surface area contributed by atoms with E-state index in [1.165, 1.54) is 0 Å². The quantitative estimate of drug-likeness (QED) is 0.750. The standard InChI is InChI=1S/C14H19IN2O2/c1-10(2)9-17-13(18)7-8-16-14(19)11-3-5-12(15)6-4-11/h3-6,10H,7-9H2,1-2H3,(H,16,19)(H,17,18). The first-order valence-electron chi connectivity index (χ1n) is 6.29. The lowest BCUT2D eigenvalue weighted by atomic mass is 10.2. The lowest BCUT2D eigenvalue weighted by Crippen LogP contribution is -2.32. The van der Waals surface area contributed by atoms with Gasteiger partial charge < -0.3 is 10.6 Å². The van der Waals surface area contributed by atoms with Crippen LogP contribution in [-0.4, -0.2) is 24.9 Å². The van der Waals surface area contributed by atoms with Crippen LogP contribution in [0, 0.1) is 9.49 Å². The lowest BCUT2D eigenvalue weighted by molar-refractivity contribution is -0.121. The number of halogens is 1. The van der Waals surface area contributed by atoms with Crippen molar-refractivity contribution in [1.29, 1.82) is 0 Å². The predicted molar refractivity (Wildman–Crippen MR) is 84.0 cm³/mol. The first-order chi connectivity index (χ1) is 8.99. The molecule has 1 aromatic carbocycles. The molecule has 0 saturated heterocycles. The summed E-state index contributed by atoms with van der Waals surface area (Å²) in [5, 5.41) is 5.55. The molecule has 0 aliphatic heterocycles. The summed E-state index contributed by atoms with van der Waals surface area (Å²) in [7, 11) is 0. The number of rotatable bonds is 6. The van der Waals surface area contributed by atoms with Crippen LogP contribution in [0.3, 0.4) is 0 Å². The Kier molecular flexibility index (Phi) is 6.83. The Bertz CT molecular complexity index is 430. The Hall–Kier alpha value is -1.11. The zero-order chi connectivity index (χ0) is 14.3. The molecule has 0 aliphatic rings. The van der Waals surface area contributed by atoms with Gasteiger partial charge in [-0.2, -0.15) is 0 Å². The van der Waals surface area contributed by atoms with Crippen molar-refractivity contribution in [2.45, 2.75) is 20.3 Å². The van der Waals surface area contributed by atoms with E-state index in [9.17, 15) is 9.59 Å². The van der Waals surface area contributed by atoms with Crippen LogP contribution in [0.2, 0.25) is 0 Å². The van der Waals surface area contributed by atoms with Gasteiger partial charge >= 0.3 is 0 Å². The molecule has 1 aromatic rings. The number of carbonyl (C=O) groups is 2. The molecule has 104 valence electrons. The van der Waals surface area contributed by atoms with Crippen LogP contribution in [0.5, 0.6) is 0 Å². The van der Waals surface area contributed by atoms with Crippen molar-refractivity contribution >= 4 is 34.4 Å². The summed E-state index contributed by atoms with van der Waals surface area (Å²) in [6, 6.07) is 7.31. The molecule has 0 radical (unpaired) electrons. The van der Waals surface area contributed by atoms with Gasteiger partial charge in [0.2, 0.25) is 5.91 Å². The zero-order valence-corrected chi connectivity index (χ0v) is 13.4. The van der Waals surface area contributed by atoms with Gasteiger partial charge in [-0.1, -0.05) is 13.8 Å². The van der Waals surface area contributed by atoms with Crippen molar-refractivity contribution in [3.63, 3.8) is 0 Å². The summed E-state index contributed by atoms with van der Waals surface area (Å²) in [4.78, 5) is 23.2. The van der Waals surface area contributed by atoms with Crippen molar-refractivity contribution in [2.75, 3.05) is 13.1 Å². The van der Waals surface area contributed by atoms with Crippen molar-refractivity contribution in [1.82, 2.24) is 10.6 Å². The third-order valence-electron chi connectivity index (χ3n) is 2.45. The molecule has 1 rings (SSSR count). The Morgan fingerprint density at radius 3 is 2.37 bits per heavy atom. The van der Waals surface area contributed by atoms with Crippen LogP contribution in [0.25, 0.3) is 0 Å². The molecule has 0 unspecified atom stereocenters. The van der Waals surface area contributed by atoms with Gasteiger partial charge in [0.15, 0.2) is 0 Å². The Balaban J connectivity index is 2.27. The van der Waals surface area contributed by atoms with E-state index in [1.54, 1.807) is 12.1 Å². The molecule has 2 amide bonds. The number of hydrogen-bond donors (Lipinski definition) is 2. The van der Waals surface area contributed by atoms with Gasteiger partial charge in [-0.05, 0) is 52.8 Å².